The molecule has 2 saturated heterocycles. The minimum atomic E-state index is -3.84. The summed E-state index contributed by atoms with van der Waals surface area (Å²) in [4.78, 5) is 31.0. The maximum atomic E-state index is 14.1. The van der Waals surface area contributed by atoms with E-state index in [1.165, 1.54) is 9.21 Å². The van der Waals surface area contributed by atoms with Crippen molar-refractivity contribution >= 4 is 31.7 Å². The molecule has 2 aliphatic heterocycles. The first-order chi connectivity index (χ1) is 17.8. The average Bonchev–Trinajstić information content (AvgIpc) is 3.80. The number of amides is 2. The number of benzene rings is 1. The molecule has 0 unspecified atom stereocenters. The highest BCUT2D eigenvalue weighted by Gasteiger charge is 2.60. The first kappa shape index (κ1) is 27.1. The molecule has 4 aliphatic rings. The standard InChI is InChI=1S/C25H33N5O6S2/c1-18-5-3-4-6-21(18)38(35,36)19-15-20(22(31)27-24(17-26)7-8-24)30(16-19)23(32)25(9-10-25)28-11-13-29(14-12-28)37(2,33)34/h3-6,19-20H,7-16H2,1-2H3,(H,27,31)/t19-,20+/m1/s1. The van der Waals surface area contributed by atoms with Gasteiger partial charge in [-0.3, -0.25) is 14.5 Å². The average molecular weight is 564 g/mol. The van der Waals surface area contributed by atoms with E-state index in [9.17, 15) is 31.7 Å². The van der Waals surface area contributed by atoms with Gasteiger partial charge >= 0.3 is 0 Å². The monoisotopic (exact) mass is 563 g/mol. The Bertz CT molecular complexity index is 1400. The fourth-order valence-electron chi connectivity index (χ4n) is 5.76. The number of hydrogen-bond acceptors (Lipinski definition) is 8. The molecule has 1 N–H and O–H groups in total. The first-order valence-electron chi connectivity index (χ1n) is 12.9. The first-order valence-corrected chi connectivity index (χ1v) is 16.3. The van der Waals surface area contributed by atoms with Gasteiger partial charge < -0.3 is 10.2 Å². The van der Waals surface area contributed by atoms with E-state index in [0.29, 0.717) is 44.3 Å². The molecular weight excluding hydrogens is 530 g/mol. The lowest BCUT2D eigenvalue weighted by Crippen LogP contribution is -2.60. The lowest BCUT2D eigenvalue weighted by atomic mass is 10.1. The van der Waals surface area contributed by atoms with Crippen molar-refractivity contribution in [3.63, 3.8) is 0 Å². The molecule has 0 radical (unpaired) electrons. The lowest BCUT2D eigenvalue weighted by Gasteiger charge is -2.40. The van der Waals surface area contributed by atoms with Gasteiger partial charge in [-0.25, -0.2) is 16.8 Å². The van der Waals surface area contributed by atoms with Crippen LogP contribution in [0.4, 0.5) is 0 Å². The zero-order valence-electron chi connectivity index (χ0n) is 21.6. The van der Waals surface area contributed by atoms with Gasteiger partial charge in [-0.15, -0.1) is 0 Å². The van der Waals surface area contributed by atoms with E-state index < -0.39 is 48.1 Å². The molecule has 5 rings (SSSR count). The number of hydrogen-bond donors (Lipinski definition) is 1. The van der Waals surface area contributed by atoms with Crippen molar-refractivity contribution in [1.82, 2.24) is 19.4 Å². The van der Waals surface area contributed by atoms with Gasteiger partial charge in [0.05, 0.1) is 22.5 Å². The Labute approximate surface area is 223 Å². The zero-order valence-corrected chi connectivity index (χ0v) is 23.2. The van der Waals surface area contributed by atoms with Crippen LogP contribution in [0.1, 0.15) is 37.7 Å². The number of carbonyl (C=O) groups is 2. The van der Waals surface area contributed by atoms with E-state index in [2.05, 4.69) is 11.4 Å². The van der Waals surface area contributed by atoms with Crippen LogP contribution in [0.25, 0.3) is 0 Å². The van der Waals surface area contributed by atoms with Gasteiger partial charge in [0.25, 0.3) is 0 Å². The highest BCUT2D eigenvalue weighted by atomic mass is 32.2. The molecule has 1 aromatic rings. The molecule has 2 atom stereocenters. The number of sulfonamides is 1. The zero-order chi connectivity index (χ0) is 27.5. The minimum Gasteiger partial charge on any atom is -0.336 e. The number of nitrogens with zero attached hydrogens (tertiary/aromatic N) is 4. The Hall–Kier alpha value is -2.53. The number of nitrogens with one attached hydrogen (secondary N) is 1. The van der Waals surface area contributed by atoms with E-state index in [-0.39, 0.29) is 36.9 Å². The number of rotatable bonds is 7. The topological polar surface area (TPSA) is 148 Å². The van der Waals surface area contributed by atoms with Crippen LogP contribution in [0, 0.1) is 18.3 Å². The maximum Gasteiger partial charge on any atom is 0.244 e. The smallest absolute Gasteiger partial charge is 0.244 e. The predicted octanol–water partition coefficient (Wildman–Crippen LogP) is 0.0204. The molecule has 2 amide bonds. The van der Waals surface area contributed by atoms with Gasteiger partial charge in [0, 0.05) is 32.7 Å². The quantitative estimate of drug-likeness (QED) is 0.488. The van der Waals surface area contributed by atoms with Crippen molar-refractivity contribution in [3.05, 3.63) is 29.8 Å². The molecule has 38 heavy (non-hydrogen) atoms. The summed E-state index contributed by atoms with van der Waals surface area (Å²) in [6, 6.07) is 7.78. The summed E-state index contributed by atoms with van der Waals surface area (Å²) in [5, 5.41) is 11.3. The summed E-state index contributed by atoms with van der Waals surface area (Å²) in [5.74, 6) is -0.799. The maximum absolute atomic E-state index is 14.1. The normalized spacial score (nSPS) is 26.9. The van der Waals surface area contributed by atoms with Crippen molar-refractivity contribution in [3.8, 4) is 6.07 Å². The van der Waals surface area contributed by atoms with Crippen LogP contribution in [0.5, 0.6) is 0 Å². The van der Waals surface area contributed by atoms with E-state index in [1.54, 1.807) is 31.2 Å². The van der Waals surface area contributed by atoms with Gasteiger partial charge in [-0.2, -0.15) is 9.57 Å². The Balaban J connectivity index is 1.41. The van der Waals surface area contributed by atoms with Crippen molar-refractivity contribution in [2.75, 3.05) is 39.0 Å². The molecule has 0 spiro atoms. The van der Waals surface area contributed by atoms with Gasteiger partial charge in [-0.1, -0.05) is 18.2 Å². The third kappa shape index (κ3) is 4.72. The number of aryl methyl sites for hydroxylation is 1. The fourth-order valence-corrected chi connectivity index (χ4v) is 8.52. The number of nitriles is 1. The summed E-state index contributed by atoms with van der Waals surface area (Å²) >= 11 is 0. The molecule has 2 saturated carbocycles. The van der Waals surface area contributed by atoms with Gasteiger partial charge in [0.15, 0.2) is 9.84 Å². The van der Waals surface area contributed by atoms with Gasteiger partial charge in [0.1, 0.15) is 17.1 Å². The van der Waals surface area contributed by atoms with Crippen LogP contribution in [-0.4, -0.2) is 104 Å². The van der Waals surface area contributed by atoms with Crippen molar-refractivity contribution < 1.29 is 26.4 Å². The summed E-state index contributed by atoms with van der Waals surface area (Å²) < 4.78 is 52.6. The van der Waals surface area contributed by atoms with Crippen LogP contribution in [-0.2, 0) is 29.4 Å². The molecule has 4 fully saturated rings. The SMILES string of the molecule is Cc1ccccc1S(=O)(=O)[C@@H]1C[C@@H](C(=O)NC2(C#N)CC2)N(C(=O)C2(N3CCN(S(C)(=O)=O)CC3)CC2)C1. The summed E-state index contributed by atoms with van der Waals surface area (Å²) in [7, 11) is -7.17. The van der Waals surface area contributed by atoms with Crippen molar-refractivity contribution in [2.24, 2.45) is 0 Å². The van der Waals surface area contributed by atoms with Gasteiger partial charge in [-0.05, 0) is 50.7 Å². The Kier molecular flexibility index (Phi) is 6.61. The Morgan fingerprint density at radius 2 is 1.66 bits per heavy atom. The molecule has 11 nitrogen and oxygen atoms in total. The number of piperazine rings is 1. The molecule has 0 bridgehead atoms. The molecular formula is C25H33N5O6S2. The summed E-state index contributed by atoms with van der Waals surface area (Å²) in [5.41, 5.74) is -1.21. The second-order valence-corrected chi connectivity index (χ2v) is 15.2. The summed E-state index contributed by atoms with van der Waals surface area (Å²) in [6.45, 7) is 2.91. The lowest BCUT2D eigenvalue weighted by molar-refractivity contribution is -0.144. The molecule has 206 valence electrons. The number of likely N-dealkylation sites (tertiary alicyclic amines) is 1. The summed E-state index contributed by atoms with van der Waals surface area (Å²) in [6.07, 6.45) is 3.29. The fraction of sp³-hybridized carbons (Fsp3) is 0.640. The van der Waals surface area contributed by atoms with Gasteiger partial charge in [0.2, 0.25) is 21.8 Å². The molecule has 0 aromatic heterocycles. The van der Waals surface area contributed by atoms with E-state index in [1.807, 2.05) is 4.90 Å². The van der Waals surface area contributed by atoms with Crippen LogP contribution in [0.2, 0.25) is 0 Å². The molecule has 13 heteroatoms. The van der Waals surface area contributed by atoms with E-state index in [4.69, 9.17) is 0 Å². The van der Waals surface area contributed by atoms with Crippen molar-refractivity contribution in [1.29, 1.82) is 5.26 Å². The van der Waals surface area contributed by atoms with Crippen LogP contribution >= 0.6 is 0 Å². The highest BCUT2D eigenvalue weighted by Crippen LogP contribution is 2.46. The molecule has 2 heterocycles. The number of sulfone groups is 1. The Morgan fingerprint density at radius 3 is 2.18 bits per heavy atom. The number of carbonyl (C=O) groups excluding carboxylic acids is 2. The second kappa shape index (κ2) is 9.29. The predicted molar refractivity (Wildman–Crippen MR) is 138 cm³/mol. The van der Waals surface area contributed by atoms with E-state index in [0.717, 1.165) is 6.26 Å². The molecule has 1 aromatic carbocycles. The molecule has 2 aliphatic carbocycles. The van der Waals surface area contributed by atoms with E-state index >= 15 is 0 Å². The second-order valence-electron chi connectivity index (χ2n) is 11.0. The van der Waals surface area contributed by atoms with Crippen LogP contribution < -0.4 is 5.32 Å². The minimum absolute atomic E-state index is 0.0479. The largest absolute Gasteiger partial charge is 0.336 e. The van der Waals surface area contributed by atoms with Crippen molar-refractivity contribution in [2.45, 2.75) is 66.3 Å². The van der Waals surface area contributed by atoms with Crippen LogP contribution in [0.15, 0.2) is 29.2 Å². The van der Waals surface area contributed by atoms with Crippen LogP contribution in [0.3, 0.4) is 0 Å². The Morgan fingerprint density at radius 1 is 1.03 bits per heavy atom. The highest BCUT2D eigenvalue weighted by molar-refractivity contribution is 7.92. The third-order valence-corrected chi connectivity index (χ3v) is 12.0. The third-order valence-electron chi connectivity index (χ3n) is 8.43.